The van der Waals surface area contributed by atoms with Crippen molar-refractivity contribution >= 4 is 77.2 Å². The van der Waals surface area contributed by atoms with Gasteiger partial charge in [0.25, 0.3) is 0 Å². The van der Waals surface area contributed by atoms with Gasteiger partial charge in [0.15, 0.2) is 0 Å². The normalized spacial score (nSPS) is 11.3. The molecule has 0 atom stereocenters. The largest absolute Gasteiger partial charge is 0.311 e. The van der Waals surface area contributed by atoms with Crippen LogP contribution in [0.2, 0.25) is 0 Å². The number of aromatic nitrogens is 2. The number of anilines is 6. The van der Waals surface area contributed by atoms with Gasteiger partial charge < -0.3 is 9.80 Å². The van der Waals surface area contributed by atoms with E-state index in [-0.39, 0.29) is 0 Å². The molecule has 0 amide bonds. The lowest BCUT2D eigenvalue weighted by molar-refractivity contribution is 1.26. The van der Waals surface area contributed by atoms with Crippen molar-refractivity contribution < 1.29 is 0 Å². The minimum absolute atomic E-state index is 1.05. The third kappa shape index (κ3) is 7.78. The van der Waals surface area contributed by atoms with Crippen LogP contribution < -0.4 is 9.80 Å². The first-order chi connectivity index (χ1) is 35.7. The summed E-state index contributed by atoms with van der Waals surface area (Å²) in [7, 11) is 0. The second kappa shape index (κ2) is 18.4. The van der Waals surface area contributed by atoms with Gasteiger partial charge in [0, 0.05) is 69.4 Å². The molecule has 11 aromatic carbocycles. The molecule has 13 aromatic rings. The Morgan fingerprint density at radius 2 is 0.653 bits per heavy atom. The number of hydrogen-bond acceptors (Lipinski definition) is 4. The zero-order valence-electron chi connectivity index (χ0n) is 39.3. The van der Waals surface area contributed by atoms with Gasteiger partial charge in [0.2, 0.25) is 0 Å². The van der Waals surface area contributed by atoms with Gasteiger partial charge in [0.05, 0.1) is 5.69 Å². The fraction of sp³-hybridized carbons (Fsp3) is 0. The number of benzene rings is 11. The molecule has 0 bridgehead atoms. The topological polar surface area (TPSA) is 32.3 Å². The monoisotopic (exact) mass is 918 g/mol. The highest BCUT2D eigenvalue weighted by Crippen LogP contribution is 2.51. The van der Waals surface area contributed by atoms with Gasteiger partial charge in [-0.05, 0) is 175 Å². The van der Waals surface area contributed by atoms with E-state index in [0.29, 0.717) is 0 Å². The van der Waals surface area contributed by atoms with Gasteiger partial charge >= 0.3 is 0 Å². The first-order valence-electron chi connectivity index (χ1n) is 24.4. The van der Waals surface area contributed by atoms with Crippen molar-refractivity contribution in [2.45, 2.75) is 0 Å². The molecule has 0 aliphatic heterocycles. The number of para-hydroxylation sites is 3. The molecule has 2 aromatic heterocycles. The Kier molecular flexibility index (Phi) is 10.8. The fourth-order valence-electron chi connectivity index (χ4n) is 10.6. The maximum Gasteiger partial charge on any atom is 0.0546 e. The highest BCUT2D eigenvalue weighted by Gasteiger charge is 2.24. The van der Waals surface area contributed by atoms with Crippen LogP contribution in [-0.2, 0) is 0 Å². The van der Waals surface area contributed by atoms with E-state index in [9.17, 15) is 0 Å². The van der Waals surface area contributed by atoms with Gasteiger partial charge in [-0.2, -0.15) is 0 Å². The van der Waals surface area contributed by atoms with Gasteiger partial charge in [-0.3, -0.25) is 9.97 Å². The summed E-state index contributed by atoms with van der Waals surface area (Å²) < 4.78 is 0. The van der Waals surface area contributed by atoms with E-state index in [4.69, 9.17) is 0 Å². The molecule has 2 heterocycles. The third-order valence-corrected chi connectivity index (χ3v) is 13.9. The summed E-state index contributed by atoms with van der Waals surface area (Å²) in [6.07, 6.45) is 7.60. The number of hydrogen-bond donors (Lipinski definition) is 0. The van der Waals surface area contributed by atoms with Crippen LogP contribution in [-0.4, -0.2) is 9.97 Å². The Bertz CT molecular complexity index is 4060. The number of pyridine rings is 2. The van der Waals surface area contributed by atoms with Crippen LogP contribution in [0.3, 0.4) is 0 Å². The lowest BCUT2D eigenvalue weighted by Gasteiger charge is -2.30. The van der Waals surface area contributed by atoms with E-state index < -0.39 is 0 Å². The quantitative estimate of drug-likeness (QED) is 0.128. The highest BCUT2D eigenvalue weighted by molar-refractivity contribution is 6.25. The van der Waals surface area contributed by atoms with Gasteiger partial charge in [-0.25, -0.2) is 0 Å². The minimum atomic E-state index is 1.05. The predicted molar refractivity (Wildman–Crippen MR) is 303 cm³/mol. The van der Waals surface area contributed by atoms with Crippen molar-refractivity contribution in [1.29, 1.82) is 0 Å². The summed E-state index contributed by atoms with van der Waals surface area (Å²) >= 11 is 0. The van der Waals surface area contributed by atoms with Crippen LogP contribution in [0.5, 0.6) is 0 Å². The zero-order chi connectivity index (χ0) is 47.8. The molecular weight excluding hydrogens is 873 g/mol. The minimum Gasteiger partial charge on any atom is -0.311 e. The first kappa shape index (κ1) is 42.5. The summed E-state index contributed by atoms with van der Waals surface area (Å²) in [4.78, 5) is 13.5. The SMILES string of the molecule is c1ccc(N(c2ccccc2)c2ccc(N(c3ccccc3)c3cccc4c(-c5cccc(-c6ccc7cnccc7c6)c5)c5ccccc5c(-c5cccc(-c6ccc7cnccc7c6)c5)c34)cc2)cc1. The number of nitrogens with zero attached hydrogens (tertiary/aromatic N) is 4. The van der Waals surface area contributed by atoms with E-state index >= 15 is 0 Å². The van der Waals surface area contributed by atoms with Crippen LogP contribution in [0, 0.1) is 0 Å². The molecule has 4 nitrogen and oxygen atoms in total. The Hall–Kier alpha value is -9.64. The van der Waals surface area contributed by atoms with E-state index in [0.717, 1.165) is 72.7 Å². The Morgan fingerprint density at radius 1 is 0.250 bits per heavy atom. The van der Waals surface area contributed by atoms with E-state index in [2.05, 4.69) is 275 Å². The van der Waals surface area contributed by atoms with Crippen molar-refractivity contribution in [3.05, 3.63) is 280 Å². The molecule has 0 saturated heterocycles. The molecule has 0 aliphatic rings. The molecule has 4 heteroatoms. The highest BCUT2D eigenvalue weighted by atomic mass is 15.2. The third-order valence-electron chi connectivity index (χ3n) is 13.9. The molecule has 0 N–H and O–H groups in total. The molecule has 0 fully saturated rings. The average molecular weight is 919 g/mol. The van der Waals surface area contributed by atoms with Crippen molar-refractivity contribution in [3.8, 4) is 44.5 Å². The van der Waals surface area contributed by atoms with Crippen molar-refractivity contribution in [1.82, 2.24) is 9.97 Å². The maximum absolute atomic E-state index is 4.38. The summed E-state index contributed by atoms with van der Waals surface area (Å²) in [5, 5.41) is 9.30. The standard InChI is InChI=1S/C68H46N4/c1-4-19-57(20-5-1)71(58-21-6-2-7-22-58)60-33-35-61(36-34-60)72(59-23-8-3-9-24-59)65-28-14-27-64-66(53-17-12-15-47(43-53)49-29-31-55-45-69-39-37-51(55)41-49)62-25-10-11-26-63(62)67(68(64)65)54-18-13-16-48(44-54)50-30-32-56-46-70-40-38-52(56)42-50/h1-46H. The van der Waals surface area contributed by atoms with Crippen molar-refractivity contribution in [3.63, 3.8) is 0 Å². The molecule has 0 unspecified atom stereocenters. The first-order valence-corrected chi connectivity index (χ1v) is 24.4. The van der Waals surface area contributed by atoms with E-state index in [1.54, 1.807) is 0 Å². The summed E-state index contributed by atoms with van der Waals surface area (Å²) in [6.45, 7) is 0. The van der Waals surface area contributed by atoms with Crippen molar-refractivity contribution in [2.75, 3.05) is 9.80 Å². The summed E-state index contributed by atoms with van der Waals surface area (Å²) in [5.74, 6) is 0. The molecule has 0 radical (unpaired) electrons. The summed E-state index contributed by atoms with van der Waals surface area (Å²) in [6, 6.07) is 92.5. The zero-order valence-corrected chi connectivity index (χ0v) is 39.3. The second-order valence-electron chi connectivity index (χ2n) is 18.2. The van der Waals surface area contributed by atoms with Crippen molar-refractivity contribution in [2.24, 2.45) is 0 Å². The average Bonchev–Trinajstić information content (AvgIpc) is 3.46. The van der Waals surface area contributed by atoms with Crippen LogP contribution in [0.25, 0.3) is 87.6 Å². The molecule has 13 rings (SSSR count). The molecule has 72 heavy (non-hydrogen) atoms. The van der Waals surface area contributed by atoms with Crippen LogP contribution in [0.15, 0.2) is 280 Å². The Morgan fingerprint density at radius 3 is 1.19 bits per heavy atom. The number of rotatable bonds is 10. The van der Waals surface area contributed by atoms with Crippen LogP contribution in [0.4, 0.5) is 34.1 Å². The lowest BCUT2D eigenvalue weighted by atomic mass is 9.84. The van der Waals surface area contributed by atoms with Gasteiger partial charge in [0.1, 0.15) is 0 Å². The van der Waals surface area contributed by atoms with Crippen LogP contribution in [0.1, 0.15) is 0 Å². The Balaban J connectivity index is 1.06. The maximum atomic E-state index is 4.38. The predicted octanol–water partition coefficient (Wildman–Crippen LogP) is 18.7. The fourth-order valence-corrected chi connectivity index (χ4v) is 10.6. The molecular formula is C68H46N4. The smallest absolute Gasteiger partial charge is 0.0546 e. The van der Waals surface area contributed by atoms with Gasteiger partial charge in [-0.15, -0.1) is 0 Å². The molecule has 0 saturated carbocycles. The molecule has 338 valence electrons. The number of fused-ring (bicyclic) bond motifs is 4. The van der Waals surface area contributed by atoms with E-state index in [1.807, 2.05) is 24.8 Å². The molecule has 0 aliphatic carbocycles. The Labute approximate surface area is 419 Å². The van der Waals surface area contributed by atoms with E-state index in [1.165, 1.54) is 49.0 Å². The second-order valence-corrected chi connectivity index (χ2v) is 18.2. The molecule has 0 spiro atoms. The lowest BCUT2D eigenvalue weighted by Crippen LogP contribution is -2.12. The van der Waals surface area contributed by atoms with Gasteiger partial charge in [-0.1, -0.05) is 152 Å². The summed E-state index contributed by atoms with van der Waals surface area (Å²) in [5.41, 5.74) is 15.8. The van der Waals surface area contributed by atoms with Crippen LogP contribution >= 0.6 is 0 Å².